The van der Waals surface area contributed by atoms with Crippen LogP contribution < -0.4 is 5.32 Å². The lowest BCUT2D eigenvalue weighted by Crippen LogP contribution is -2.27. The van der Waals surface area contributed by atoms with E-state index in [1.54, 1.807) is 11.8 Å². The zero-order chi connectivity index (χ0) is 20.4. The first-order chi connectivity index (χ1) is 13.9. The van der Waals surface area contributed by atoms with Crippen LogP contribution in [0.1, 0.15) is 25.0 Å². The van der Waals surface area contributed by atoms with E-state index in [2.05, 4.69) is 15.3 Å². The summed E-state index contributed by atoms with van der Waals surface area (Å²) in [5.41, 5.74) is 2.46. The van der Waals surface area contributed by atoms with Crippen molar-refractivity contribution in [2.45, 2.75) is 31.3 Å². The first-order valence-electron chi connectivity index (χ1n) is 9.59. The lowest BCUT2D eigenvalue weighted by molar-refractivity contribution is 0.0905. The maximum atomic E-state index is 14.2. The Kier molecular flexibility index (Phi) is 6.14. The van der Waals surface area contributed by atoms with Gasteiger partial charge in [0, 0.05) is 30.4 Å². The maximum Gasteiger partial charge on any atom is 0.264 e. The fraction of sp³-hybridized carbons (Fsp3) is 0.526. The summed E-state index contributed by atoms with van der Waals surface area (Å²) in [4.78, 5) is 8.07. The summed E-state index contributed by atoms with van der Waals surface area (Å²) < 4.78 is 46.5. The van der Waals surface area contributed by atoms with Gasteiger partial charge in [-0.15, -0.1) is 11.8 Å². The molecule has 158 valence electrons. The van der Waals surface area contributed by atoms with E-state index in [0.717, 1.165) is 52.2 Å². The number of halogens is 1. The molecule has 1 aromatic heterocycles. The number of thioether (sulfide) groups is 1. The van der Waals surface area contributed by atoms with Gasteiger partial charge in [-0.1, -0.05) is 0 Å². The second kappa shape index (κ2) is 8.63. The number of rotatable bonds is 7. The second-order valence-corrected chi connectivity index (χ2v) is 10.00. The number of aromatic nitrogens is 1. The van der Waals surface area contributed by atoms with Crippen LogP contribution in [0.3, 0.4) is 0 Å². The number of hydrogen-bond donors (Lipinski definition) is 2. The number of benzene rings is 1. The largest absolute Gasteiger partial charge is 0.381 e. The third kappa shape index (κ3) is 5.30. The van der Waals surface area contributed by atoms with Crippen LogP contribution in [0.25, 0.3) is 10.9 Å². The fourth-order valence-electron chi connectivity index (χ4n) is 3.54. The molecule has 10 heteroatoms. The Morgan fingerprint density at radius 1 is 1.34 bits per heavy atom. The molecule has 3 heterocycles. The van der Waals surface area contributed by atoms with Gasteiger partial charge in [-0.3, -0.25) is 9.18 Å². The van der Waals surface area contributed by atoms with Crippen LogP contribution in [0.5, 0.6) is 0 Å². The number of nitrogens with zero attached hydrogens (tertiary/aromatic N) is 1. The molecule has 4 rings (SSSR count). The van der Waals surface area contributed by atoms with Crippen molar-refractivity contribution in [1.82, 2.24) is 4.98 Å². The highest BCUT2D eigenvalue weighted by atomic mass is 32.2. The number of hydrogen-bond acceptors (Lipinski definition) is 7. The average Bonchev–Trinajstić information content (AvgIpc) is 3.28. The topological polar surface area (TPSA) is 92.8 Å². The number of ether oxygens (including phenoxy) is 1. The number of aliphatic imine (C=N–C) groups is 1. The maximum absolute atomic E-state index is 14.2. The van der Waals surface area contributed by atoms with Gasteiger partial charge in [0.15, 0.2) is 0 Å². The van der Waals surface area contributed by atoms with Gasteiger partial charge in [0.05, 0.1) is 35.8 Å². The highest BCUT2D eigenvalue weighted by molar-refractivity contribution is 8.14. The summed E-state index contributed by atoms with van der Waals surface area (Å²) in [6.45, 7) is 1.55. The quantitative estimate of drug-likeness (QED) is 0.642. The van der Waals surface area contributed by atoms with Crippen LogP contribution in [0.4, 0.5) is 10.1 Å². The van der Waals surface area contributed by atoms with Crippen molar-refractivity contribution in [2.24, 2.45) is 4.99 Å². The predicted octanol–water partition coefficient (Wildman–Crippen LogP) is 3.13. The molecule has 0 saturated carbocycles. The number of fused-ring (bicyclic) bond motifs is 1. The summed E-state index contributed by atoms with van der Waals surface area (Å²) in [7, 11) is -3.43. The summed E-state index contributed by atoms with van der Waals surface area (Å²) in [6, 6.07) is 5.21. The molecule has 0 radical (unpaired) electrons. The third-order valence-corrected chi connectivity index (χ3v) is 6.71. The Hall–Kier alpha value is -1.62. The first kappa shape index (κ1) is 20.6. The minimum atomic E-state index is -3.43. The van der Waals surface area contributed by atoms with E-state index in [-0.39, 0.29) is 24.5 Å². The molecule has 1 unspecified atom stereocenters. The molecule has 0 bridgehead atoms. The summed E-state index contributed by atoms with van der Waals surface area (Å²) in [6.07, 6.45) is 3.37. The monoisotopic (exact) mass is 441 g/mol. The molecule has 7 nitrogen and oxygen atoms in total. The molecule has 1 fully saturated rings. The Bertz CT molecular complexity index is 1020. The Balaban J connectivity index is 1.51. The SMILES string of the molecule is CS(=O)(=O)OCCC1CSC(c2cc3cc(F)cc(NC4CCOCC4)c3[nH]2)=N1. The van der Waals surface area contributed by atoms with Crippen LogP contribution in [0.15, 0.2) is 23.2 Å². The van der Waals surface area contributed by atoms with Crippen LogP contribution in [0, 0.1) is 5.82 Å². The second-order valence-electron chi connectivity index (χ2n) is 7.35. The predicted molar refractivity (Wildman–Crippen MR) is 114 cm³/mol. The van der Waals surface area contributed by atoms with E-state index < -0.39 is 10.1 Å². The van der Waals surface area contributed by atoms with Gasteiger partial charge in [-0.2, -0.15) is 8.42 Å². The zero-order valence-corrected chi connectivity index (χ0v) is 17.7. The molecule has 2 aliphatic heterocycles. The van der Waals surface area contributed by atoms with Crippen molar-refractivity contribution in [3.05, 3.63) is 29.7 Å². The molecule has 1 atom stereocenters. The minimum absolute atomic E-state index is 0.000248. The van der Waals surface area contributed by atoms with E-state index in [4.69, 9.17) is 8.92 Å². The average molecular weight is 442 g/mol. The number of nitrogens with one attached hydrogen (secondary N) is 2. The van der Waals surface area contributed by atoms with Gasteiger partial charge >= 0.3 is 0 Å². The lowest BCUT2D eigenvalue weighted by atomic mass is 10.1. The summed E-state index contributed by atoms with van der Waals surface area (Å²) >= 11 is 1.61. The van der Waals surface area contributed by atoms with Crippen molar-refractivity contribution in [1.29, 1.82) is 0 Å². The Labute approximate surface area is 173 Å². The van der Waals surface area contributed by atoms with Crippen molar-refractivity contribution < 1.29 is 21.7 Å². The van der Waals surface area contributed by atoms with Crippen molar-refractivity contribution in [2.75, 3.05) is 37.1 Å². The van der Waals surface area contributed by atoms with Gasteiger partial charge in [0.1, 0.15) is 10.9 Å². The highest BCUT2D eigenvalue weighted by Gasteiger charge is 2.22. The molecule has 0 aliphatic carbocycles. The zero-order valence-electron chi connectivity index (χ0n) is 16.1. The third-order valence-electron chi connectivity index (χ3n) is 4.97. The van der Waals surface area contributed by atoms with Gasteiger partial charge < -0.3 is 15.0 Å². The molecule has 0 amide bonds. The molecule has 2 aromatic rings. The Morgan fingerprint density at radius 3 is 2.90 bits per heavy atom. The number of H-pyrrole nitrogens is 1. The van der Waals surface area contributed by atoms with Gasteiger partial charge in [0.2, 0.25) is 0 Å². The van der Waals surface area contributed by atoms with Crippen LogP contribution in [-0.2, 0) is 19.0 Å². The highest BCUT2D eigenvalue weighted by Crippen LogP contribution is 2.31. The molecule has 2 N–H and O–H groups in total. The summed E-state index contributed by atoms with van der Waals surface area (Å²) in [5.74, 6) is 0.480. The molecule has 29 heavy (non-hydrogen) atoms. The van der Waals surface area contributed by atoms with Crippen molar-refractivity contribution in [3.63, 3.8) is 0 Å². The van der Waals surface area contributed by atoms with E-state index >= 15 is 0 Å². The Morgan fingerprint density at radius 2 is 2.14 bits per heavy atom. The van der Waals surface area contributed by atoms with Crippen LogP contribution in [-0.4, -0.2) is 62.4 Å². The molecule has 2 aliphatic rings. The van der Waals surface area contributed by atoms with Gasteiger partial charge in [-0.05, 0) is 37.5 Å². The molecule has 1 saturated heterocycles. The van der Waals surface area contributed by atoms with Gasteiger partial charge in [-0.25, -0.2) is 4.39 Å². The number of aromatic amines is 1. The van der Waals surface area contributed by atoms with Crippen LogP contribution in [0.2, 0.25) is 0 Å². The fourth-order valence-corrected chi connectivity index (χ4v) is 5.02. The summed E-state index contributed by atoms with van der Waals surface area (Å²) in [5, 5.41) is 5.09. The van der Waals surface area contributed by atoms with E-state index in [0.29, 0.717) is 19.6 Å². The van der Waals surface area contributed by atoms with Crippen molar-refractivity contribution in [3.8, 4) is 0 Å². The minimum Gasteiger partial charge on any atom is -0.381 e. The molecule has 1 aromatic carbocycles. The van der Waals surface area contributed by atoms with E-state index in [1.807, 2.05) is 6.07 Å². The molecular formula is C19H24FN3O4S2. The van der Waals surface area contributed by atoms with E-state index in [1.165, 1.54) is 12.1 Å². The standard InChI is InChI=1S/C19H24FN3O4S2/c1-29(24,25)27-7-4-15-11-28-19(22-15)17-9-12-8-13(20)10-16(18(12)23-17)21-14-2-5-26-6-3-14/h8-10,14-15,21,23H,2-7,11H2,1H3. The lowest BCUT2D eigenvalue weighted by Gasteiger charge is -2.24. The molecular weight excluding hydrogens is 417 g/mol. The van der Waals surface area contributed by atoms with Gasteiger partial charge in [0.25, 0.3) is 10.1 Å². The smallest absolute Gasteiger partial charge is 0.264 e. The first-order valence-corrected chi connectivity index (χ1v) is 12.4. The number of anilines is 1. The van der Waals surface area contributed by atoms with E-state index in [9.17, 15) is 12.8 Å². The molecule has 0 spiro atoms. The van der Waals surface area contributed by atoms with Crippen LogP contribution >= 0.6 is 11.8 Å². The van der Waals surface area contributed by atoms with Crippen molar-refractivity contribution >= 4 is 43.5 Å². The normalized spacial score (nSPS) is 20.9.